The summed E-state index contributed by atoms with van der Waals surface area (Å²) in [6, 6.07) is 13.3. The van der Waals surface area contributed by atoms with Gasteiger partial charge in [-0.1, -0.05) is 63.4 Å². The first-order valence-electron chi connectivity index (χ1n) is 7.24. The second-order valence-corrected chi connectivity index (χ2v) is 9.19. The highest BCUT2D eigenvalue weighted by Gasteiger charge is 2.47. The number of hydrogen-bond acceptors (Lipinski definition) is 2. The summed E-state index contributed by atoms with van der Waals surface area (Å²) in [6.45, 7) is 4.03. The van der Waals surface area contributed by atoms with Crippen molar-refractivity contribution in [3.05, 3.63) is 71.2 Å². The second-order valence-electron chi connectivity index (χ2n) is 5.34. The molecule has 0 aromatic heterocycles. The van der Waals surface area contributed by atoms with Crippen LogP contribution in [0.1, 0.15) is 5.56 Å². The summed E-state index contributed by atoms with van der Waals surface area (Å²) < 4.78 is 28.5. The topological polar surface area (TPSA) is 49.7 Å². The lowest BCUT2D eigenvalue weighted by molar-refractivity contribution is 0.597. The van der Waals surface area contributed by atoms with Crippen molar-refractivity contribution in [3.8, 4) is 0 Å². The van der Waals surface area contributed by atoms with Crippen molar-refractivity contribution in [2.45, 2.75) is 9.23 Å². The van der Waals surface area contributed by atoms with Gasteiger partial charge in [-0.15, -0.1) is 11.0 Å². The van der Waals surface area contributed by atoms with Gasteiger partial charge in [0.15, 0.2) is 5.84 Å². The van der Waals surface area contributed by atoms with E-state index in [0.717, 1.165) is 4.47 Å². The molecule has 2 aromatic rings. The van der Waals surface area contributed by atoms with Crippen molar-refractivity contribution in [3.63, 3.8) is 0 Å². The van der Waals surface area contributed by atoms with E-state index >= 15 is 0 Å². The molecule has 0 atom stereocenters. The Bertz CT molecular complexity index is 960. The molecule has 0 fully saturated rings. The molecular formula is C17H13BrCl2N2O2S. The summed E-state index contributed by atoms with van der Waals surface area (Å²) in [6.07, 6.45) is 1.63. The fourth-order valence-electron chi connectivity index (χ4n) is 2.58. The van der Waals surface area contributed by atoms with E-state index in [1.165, 1.54) is 12.1 Å². The molecule has 1 aliphatic heterocycles. The summed E-state index contributed by atoms with van der Waals surface area (Å²) in [5, 5.41) is 0. The van der Waals surface area contributed by atoms with Gasteiger partial charge in [-0.3, -0.25) is 0 Å². The Kier molecular flexibility index (Phi) is 4.99. The van der Waals surface area contributed by atoms with Crippen LogP contribution in [-0.2, 0) is 14.4 Å². The number of halogens is 3. The van der Waals surface area contributed by atoms with Gasteiger partial charge in [-0.25, -0.2) is 0 Å². The molecule has 130 valence electrons. The first kappa shape index (κ1) is 18.5. The molecule has 0 radical (unpaired) electrons. The highest BCUT2D eigenvalue weighted by atomic mass is 79.9. The minimum atomic E-state index is -3.96. The molecule has 0 aliphatic carbocycles. The molecule has 0 saturated heterocycles. The standard InChI is InChI=1S/C17H13BrCl2N2O2S/c1-2-10-22-15-9-8-12(18)11-14(15)17(19,20)16(22)21-25(23,24)13-6-4-3-5-7-13/h2-9,11H,1,10H2/b21-16+. The van der Waals surface area contributed by atoms with Gasteiger partial charge in [0.1, 0.15) is 0 Å². The lowest BCUT2D eigenvalue weighted by atomic mass is 10.1. The Morgan fingerprint density at radius 3 is 2.52 bits per heavy atom. The van der Waals surface area contributed by atoms with Gasteiger partial charge in [-0.05, 0) is 30.3 Å². The van der Waals surface area contributed by atoms with Crippen molar-refractivity contribution in [2.75, 3.05) is 11.4 Å². The van der Waals surface area contributed by atoms with Crippen molar-refractivity contribution < 1.29 is 8.42 Å². The molecule has 0 N–H and O–H groups in total. The highest BCUT2D eigenvalue weighted by molar-refractivity contribution is 9.10. The Morgan fingerprint density at radius 2 is 1.88 bits per heavy atom. The summed E-state index contributed by atoms with van der Waals surface area (Å²) in [5.41, 5.74) is 1.25. The van der Waals surface area contributed by atoms with Crippen LogP contribution in [0.3, 0.4) is 0 Å². The number of nitrogens with zero attached hydrogens (tertiary/aromatic N) is 2. The van der Waals surface area contributed by atoms with Gasteiger partial charge in [-0.2, -0.15) is 8.42 Å². The lowest BCUT2D eigenvalue weighted by Crippen LogP contribution is -2.34. The van der Waals surface area contributed by atoms with E-state index in [0.29, 0.717) is 17.8 Å². The zero-order valence-electron chi connectivity index (χ0n) is 12.9. The van der Waals surface area contributed by atoms with Gasteiger partial charge < -0.3 is 4.90 Å². The molecule has 8 heteroatoms. The van der Waals surface area contributed by atoms with E-state index in [9.17, 15) is 8.42 Å². The number of rotatable bonds is 4. The van der Waals surface area contributed by atoms with Crippen LogP contribution in [0.15, 0.2) is 75.0 Å². The number of sulfonamides is 1. The van der Waals surface area contributed by atoms with Gasteiger partial charge in [0.05, 0.1) is 4.90 Å². The Balaban J connectivity index is 2.19. The van der Waals surface area contributed by atoms with E-state index in [-0.39, 0.29) is 10.7 Å². The molecule has 2 aromatic carbocycles. The summed E-state index contributed by atoms with van der Waals surface area (Å²) in [7, 11) is -3.96. The van der Waals surface area contributed by atoms with Gasteiger partial charge in [0.25, 0.3) is 10.0 Å². The highest BCUT2D eigenvalue weighted by Crippen LogP contribution is 2.49. The van der Waals surface area contributed by atoms with Crippen LogP contribution in [0.4, 0.5) is 5.69 Å². The minimum absolute atomic E-state index is 0.0349. The van der Waals surface area contributed by atoms with Crippen LogP contribution >= 0.6 is 39.1 Å². The van der Waals surface area contributed by atoms with E-state index in [1.807, 2.05) is 6.07 Å². The zero-order chi connectivity index (χ0) is 18.2. The van der Waals surface area contributed by atoms with Crippen LogP contribution in [0.25, 0.3) is 0 Å². The van der Waals surface area contributed by atoms with Crippen LogP contribution in [0.2, 0.25) is 0 Å². The van der Waals surface area contributed by atoms with Crippen molar-refractivity contribution >= 4 is 60.7 Å². The van der Waals surface area contributed by atoms with Crippen LogP contribution in [0.5, 0.6) is 0 Å². The van der Waals surface area contributed by atoms with Gasteiger partial charge in [0.2, 0.25) is 4.33 Å². The largest absolute Gasteiger partial charge is 0.322 e. The first-order valence-corrected chi connectivity index (χ1v) is 10.2. The average Bonchev–Trinajstić information content (AvgIpc) is 2.77. The Labute approximate surface area is 165 Å². The maximum atomic E-state index is 12.7. The predicted octanol–water partition coefficient (Wildman–Crippen LogP) is 4.87. The van der Waals surface area contributed by atoms with Crippen LogP contribution in [-0.4, -0.2) is 20.8 Å². The third-order valence-electron chi connectivity index (χ3n) is 3.68. The van der Waals surface area contributed by atoms with Crippen molar-refractivity contribution in [1.29, 1.82) is 0 Å². The van der Waals surface area contributed by atoms with Crippen molar-refractivity contribution in [2.24, 2.45) is 4.40 Å². The Hall–Kier alpha value is -1.34. The Morgan fingerprint density at radius 1 is 1.20 bits per heavy atom. The molecular weight excluding hydrogens is 447 g/mol. The quantitative estimate of drug-likeness (QED) is 0.483. The fourth-order valence-corrected chi connectivity index (χ4v) is 4.70. The molecule has 0 amide bonds. The molecule has 0 unspecified atom stereocenters. The SMILES string of the molecule is C=CCN1/C(=N/S(=O)(=O)c2ccccc2)C(Cl)(Cl)c2cc(Br)ccc21. The first-order chi connectivity index (χ1) is 11.8. The number of amidine groups is 1. The molecule has 0 saturated carbocycles. The molecule has 25 heavy (non-hydrogen) atoms. The number of fused-ring (bicyclic) bond motifs is 1. The summed E-state index contributed by atoms with van der Waals surface area (Å²) in [4.78, 5) is 1.72. The monoisotopic (exact) mass is 458 g/mol. The lowest BCUT2D eigenvalue weighted by Gasteiger charge is -2.21. The normalized spacial score (nSPS) is 17.6. The summed E-state index contributed by atoms with van der Waals surface area (Å²) in [5.74, 6) is 0.0349. The third kappa shape index (κ3) is 3.36. The van der Waals surface area contributed by atoms with Crippen LogP contribution in [0, 0.1) is 0 Å². The molecule has 3 rings (SSSR count). The molecule has 1 heterocycles. The van der Waals surface area contributed by atoms with Crippen LogP contribution < -0.4 is 4.90 Å². The minimum Gasteiger partial charge on any atom is -0.322 e. The predicted molar refractivity (Wildman–Crippen MR) is 106 cm³/mol. The number of benzene rings is 2. The summed E-state index contributed by atoms with van der Waals surface area (Å²) >= 11 is 16.4. The van der Waals surface area contributed by atoms with E-state index in [2.05, 4.69) is 26.9 Å². The number of hydrogen-bond donors (Lipinski definition) is 0. The third-order valence-corrected chi connectivity index (χ3v) is 6.20. The van der Waals surface area contributed by atoms with E-state index in [1.54, 1.807) is 41.3 Å². The van der Waals surface area contributed by atoms with E-state index < -0.39 is 14.4 Å². The second kappa shape index (κ2) is 6.76. The van der Waals surface area contributed by atoms with Crippen molar-refractivity contribution in [1.82, 2.24) is 0 Å². The smallest absolute Gasteiger partial charge is 0.284 e. The molecule has 0 spiro atoms. The maximum absolute atomic E-state index is 12.7. The van der Waals surface area contributed by atoms with Gasteiger partial charge >= 0.3 is 0 Å². The molecule has 0 bridgehead atoms. The fraction of sp³-hybridized carbons (Fsp3) is 0.118. The molecule has 4 nitrogen and oxygen atoms in total. The average molecular weight is 460 g/mol. The molecule has 1 aliphatic rings. The van der Waals surface area contributed by atoms with Gasteiger partial charge in [0, 0.05) is 22.3 Å². The van der Waals surface area contributed by atoms with E-state index in [4.69, 9.17) is 23.2 Å². The maximum Gasteiger partial charge on any atom is 0.284 e. The zero-order valence-corrected chi connectivity index (χ0v) is 16.8. The number of anilines is 1. The number of alkyl halides is 2.